The fourth-order valence-corrected chi connectivity index (χ4v) is 3.90. The summed E-state index contributed by atoms with van der Waals surface area (Å²) in [6.45, 7) is -1.45. The molecule has 2 aromatic carbocycles. The van der Waals surface area contributed by atoms with Crippen molar-refractivity contribution in [3.8, 4) is 23.0 Å². The number of carbonyl (C=O) groups is 2. The molecule has 10 nitrogen and oxygen atoms in total. The number of nitrogens with one attached hydrogen (secondary N) is 3. The minimum atomic E-state index is -3.07. The monoisotopic (exact) mass is 579 g/mol. The van der Waals surface area contributed by atoms with Gasteiger partial charge in [0.1, 0.15) is 11.6 Å². The van der Waals surface area contributed by atoms with E-state index in [4.69, 9.17) is 14.9 Å². The van der Waals surface area contributed by atoms with Crippen LogP contribution < -0.4 is 31.2 Å². The van der Waals surface area contributed by atoms with Crippen molar-refractivity contribution in [1.29, 1.82) is 0 Å². The van der Waals surface area contributed by atoms with Crippen LogP contribution in [0.25, 0.3) is 11.5 Å². The van der Waals surface area contributed by atoms with E-state index in [2.05, 4.69) is 25.7 Å². The molecule has 0 spiro atoms. The Morgan fingerprint density at radius 1 is 1.15 bits per heavy atom. The second kappa shape index (κ2) is 12.9. The second-order valence-corrected chi connectivity index (χ2v) is 9.47. The molecule has 41 heavy (non-hydrogen) atoms. The van der Waals surface area contributed by atoms with Gasteiger partial charge in [0, 0.05) is 30.8 Å². The predicted octanol–water partition coefficient (Wildman–Crippen LogP) is 4.43. The maximum atomic E-state index is 14.6. The molecule has 1 aromatic heterocycles. The zero-order valence-corrected chi connectivity index (χ0v) is 22.2. The van der Waals surface area contributed by atoms with Gasteiger partial charge < -0.3 is 35.6 Å². The third-order valence-corrected chi connectivity index (χ3v) is 6.20. The molecule has 1 aliphatic carbocycles. The Hall–Kier alpha value is -4.33. The number of nitrogens with zero attached hydrogens (tertiary/aromatic N) is 1. The van der Waals surface area contributed by atoms with E-state index in [1.807, 2.05) is 0 Å². The van der Waals surface area contributed by atoms with E-state index in [9.17, 15) is 27.2 Å². The third kappa shape index (κ3) is 7.66. The lowest BCUT2D eigenvalue weighted by atomic mass is 10.1. The molecule has 4 rings (SSSR count). The number of rotatable bonds is 12. The number of urea groups is 1. The first-order valence-corrected chi connectivity index (χ1v) is 12.8. The summed E-state index contributed by atoms with van der Waals surface area (Å²) in [5, 5.41) is 7.40. The number of halogens is 4. The number of benzene rings is 2. The van der Waals surface area contributed by atoms with Crippen molar-refractivity contribution in [3.05, 3.63) is 65.1 Å². The summed E-state index contributed by atoms with van der Waals surface area (Å²) in [4.78, 5) is 29.4. The molecular formula is C27H29F4N5O5. The van der Waals surface area contributed by atoms with Gasteiger partial charge in [-0.1, -0.05) is 6.07 Å². The van der Waals surface area contributed by atoms with Crippen LogP contribution in [0.15, 0.2) is 40.8 Å². The number of aromatic nitrogens is 1. The fourth-order valence-electron chi connectivity index (χ4n) is 3.90. The fraction of sp³-hybridized carbons (Fsp3) is 0.370. The average molecular weight is 580 g/mol. The highest BCUT2D eigenvalue weighted by Crippen LogP contribution is 2.37. The van der Waals surface area contributed by atoms with E-state index in [1.54, 1.807) is 6.92 Å². The minimum Gasteiger partial charge on any atom is -0.489 e. The van der Waals surface area contributed by atoms with Gasteiger partial charge >= 0.3 is 12.6 Å². The smallest absolute Gasteiger partial charge is 0.387 e. The quantitative estimate of drug-likeness (QED) is 0.233. The highest BCUT2D eigenvalue weighted by Gasteiger charge is 2.28. The van der Waals surface area contributed by atoms with E-state index in [1.165, 1.54) is 25.2 Å². The normalized spacial score (nSPS) is 14.3. The maximum Gasteiger partial charge on any atom is 0.387 e. The molecule has 220 valence electrons. The number of nitrogens with two attached hydrogens (primary N) is 1. The van der Waals surface area contributed by atoms with E-state index >= 15 is 0 Å². The Labute approximate surface area is 232 Å². The van der Waals surface area contributed by atoms with Crippen molar-refractivity contribution in [2.75, 3.05) is 20.2 Å². The highest BCUT2D eigenvalue weighted by atomic mass is 19.3. The zero-order chi connectivity index (χ0) is 29.7. The molecule has 0 aliphatic heterocycles. The van der Waals surface area contributed by atoms with Crippen molar-refractivity contribution in [2.24, 2.45) is 11.7 Å². The molecule has 2 atom stereocenters. The number of ether oxygens (including phenoxy) is 2. The van der Waals surface area contributed by atoms with Gasteiger partial charge in [0.25, 0.3) is 5.91 Å². The lowest BCUT2D eigenvalue weighted by Gasteiger charge is -2.20. The highest BCUT2D eigenvalue weighted by molar-refractivity contribution is 5.94. The average Bonchev–Trinajstić information content (AvgIpc) is 3.64. The first-order valence-electron chi connectivity index (χ1n) is 12.8. The van der Waals surface area contributed by atoms with Crippen molar-refractivity contribution in [3.63, 3.8) is 0 Å². The number of alkyl halides is 2. The van der Waals surface area contributed by atoms with E-state index in [-0.39, 0.29) is 41.0 Å². The van der Waals surface area contributed by atoms with E-state index < -0.39 is 42.3 Å². The summed E-state index contributed by atoms with van der Waals surface area (Å²) in [7, 11) is 1.38. The predicted molar refractivity (Wildman–Crippen MR) is 138 cm³/mol. The van der Waals surface area contributed by atoms with Crippen LogP contribution in [0.3, 0.4) is 0 Å². The Morgan fingerprint density at radius 2 is 1.90 bits per heavy atom. The van der Waals surface area contributed by atoms with E-state index in [0.717, 1.165) is 25.0 Å². The number of hydrogen-bond acceptors (Lipinski definition) is 7. The van der Waals surface area contributed by atoms with Gasteiger partial charge in [-0.05, 0) is 49.9 Å². The summed E-state index contributed by atoms with van der Waals surface area (Å²) in [5.74, 6) is -2.44. The topological polar surface area (TPSA) is 141 Å². The number of amides is 3. The summed E-state index contributed by atoms with van der Waals surface area (Å²) < 4.78 is 70.0. The lowest BCUT2D eigenvalue weighted by Crippen LogP contribution is -2.41. The number of carbonyl (C=O) groups excluding carboxylic acids is 2. The minimum absolute atomic E-state index is 0.0107. The zero-order valence-electron chi connectivity index (χ0n) is 22.2. The van der Waals surface area contributed by atoms with Crippen LogP contribution in [0.4, 0.5) is 22.4 Å². The number of oxazole rings is 1. The summed E-state index contributed by atoms with van der Waals surface area (Å²) in [6, 6.07) is 4.37. The molecule has 1 aliphatic rings. The van der Waals surface area contributed by atoms with Gasteiger partial charge in [-0.15, -0.1) is 0 Å². The van der Waals surface area contributed by atoms with E-state index in [0.29, 0.717) is 24.2 Å². The Balaban J connectivity index is 1.64. The van der Waals surface area contributed by atoms with Crippen LogP contribution in [0.5, 0.6) is 11.5 Å². The largest absolute Gasteiger partial charge is 0.489 e. The van der Waals surface area contributed by atoms with Gasteiger partial charge in [0.05, 0.1) is 18.7 Å². The first-order chi connectivity index (χ1) is 19.5. The Kier molecular flexibility index (Phi) is 9.32. The summed E-state index contributed by atoms with van der Waals surface area (Å²) in [5.41, 5.74) is 6.01. The first kappa shape index (κ1) is 29.6. The van der Waals surface area contributed by atoms with Gasteiger partial charge in [0.2, 0.25) is 5.89 Å². The molecule has 1 unspecified atom stereocenters. The van der Waals surface area contributed by atoms with Crippen LogP contribution >= 0.6 is 0 Å². The van der Waals surface area contributed by atoms with Gasteiger partial charge in [-0.25, -0.2) is 18.6 Å². The lowest BCUT2D eigenvalue weighted by molar-refractivity contribution is -0.0515. The molecule has 14 heteroatoms. The van der Waals surface area contributed by atoms with Crippen LogP contribution in [0, 0.1) is 17.6 Å². The van der Waals surface area contributed by atoms with Crippen molar-refractivity contribution in [2.45, 2.75) is 38.5 Å². The van der Waals surface area contributed by atoms with Gasteiger partial charge in [0.15, 0.2) is 23.0 Å². The summed E-state index contributed by atoms with van der Waals surface area (Å²) in [6.07, 6.45) is 1.95. The molecule has 1 fully saturated rings. The molecule has 1 heterocycles. The molecule has 1 saturated carbocycles. The molecule has 0 saturated heterocycles. The molecule has 0 bridgehead atoms. The SMILES string of the molecule is CNC(=O)NCC(NC(=O)c1nc(-c2ccc(OC(F)F)c(OCC3CC3)c2)oc1[C@H](C)N)c1ccc(F)cc1F. The standard InChI is InChI=1S/C27H29F4N5O5/c1-13(32)23-22(24(37)35-19(11-34-27(38)33-2)17-7-6-16(28)10-18(17)29)36-25(41-23)15-5-8-20(40-26(30)31)21(9-15)39-12-14-3-4-14/h5-10,13-14,19,26H,3-4,11-12,32H2,1-2H3,(H,35,37)(H2,33,34,38)/t13-,19?/m0/s1. The second-order valence-electron chi connectivity index (χ2n) is 9.47. The van der Waals surface area contributed by atoms with Crippen molar-refractivity contribution in [1.82, 2.24) is 20.9 Å². The van der Waals surface area contributed by atoms with Crippen molar-refractivity contribution < 1.29 is 41.0 Å². The molecule has 3 amide bonds. The van der Waals surface area contributed by atoms with Gasteiger partial charge in [-0.3, -0.25) is 4.79 Å². The van der Waals surface area contributed by atoms with Crippen LogP contribution in [-0.4, -0.2) is 43.7 Å². The molecule has 0 radical (unpaired) electrons. The van der Waals surface area contributed by atoms with Crippen molar-refractivity contribution >= 4 is 11.9 Å². The molecule has 5 N–H and O–H groups in total. The van der Waals surface area contributed by atoms with Crippen LogP contribution in [0.2, 0.25) is 0 Å². The molecule has 3 aromatic rings. The maximum absolute atomic E-state index is 14.6. The van der Waals surface area contributed by atoms with Gasteiger partial charge in [-0.2, -0.15) is 8.78 Å². The van der Waals surface area contributed by atoms with Crippen LogP contribution in [-0.2, 0) is 0 Å². The summed E-state index contributed by atoms with van der Waals surface area (Å²) >= 11 is 0. The number of hydrogen-bond donors (Lipinski definition) is 4. The Morgan fingerprint density at radius 3 is 2.54 bits per heavy atom. The Bertz CT molecular complexity index is 1400. The third-order valence-electron chi connectivity index (χ3n) is 6.20. The molecular weight excluding hydrogens is 550 g/mol. The van der Waals surface area contributed by atoms with Crippen LogP contribution in [0.1, 0.15) is 53.7 Å².